The summed E-state index contributed by atoms with van der Waals surface area (Å²) in [6, 6.07) is 16.2. The second-order valence-corrected chi connectivity index (χ2v) is 6.68. The summed E-state index contributed by atoms with van der Waals surface area (Å²) in [4.78, 5) is 16.4. The lowest BCUT2D eigenvalue weighted by molar-refractivity contribution is -0.121. The van der Waals surface area contributed by atoms with E-state index < -0.39 is 0 Å². The summed E-state index contributed by atoms with van der Waals surface area (Å²) >= 11 is 0. The number of aryl methyl sites for hydroxylation is 1. The molecule has 5 nitrogen and oxygen atoms in total. The normalized spacial score (nSPS) is 10.9. The van der Waals surface area contributed by atoms with Crippen molar-refractivity contribution in [3.8, 4) is 5.75 Å². The number of nitrogens with zero attached hydrogens (tertiary/aromatic N) is 2. The summed E-state index contributed by atoms with van der Waals surface area (Å²) in [6.45, 7) is 5.95. The molecule has 0 aliphatic heterocycles. The third-order valence-electron chi connectivity index (χ3n) is 4.45. The number of carbonyl (C=O) groups excluding carboxylic acids is 1. The van der Waals surface area contributed by atoms with Gasteiger partial charge in [0, 0.05) is 19.4 Å². The Hall–Kier alpha value is -2.82. The number of nitrogens with one attached hydrogen (secondary N) is 1. The van der Waals surface area contributed by atoms with Gasteiger partial charge in [0.15, 0.2) is 0 Å². The SMILES string of the molecule is CCCC(=O)NCCc1nc2ccccc2n1CCOc1cccc(C)c1. The van der Waals surface area contributed by atoms with E-state index in [9.17, 15) is 4.79 Å². The minimum atomic E-state index is 0.0999. The van der Waals surface area contributed by atoms with Gasteiger partial charge in [-0.25, -0.2) is 4.98 Å². The molecule has 0 fully saturated rings. The Morgan fingerprint density at radius 3 is 2.85 bits per heavy atom. The van der Waals surface area contributed by atoms with Crippen molar-refractivity contribution in [2.75, 3.05) is 13.2 Å². The quantitative estimate of drug-likeness (QED) is 0.626. The van der Waals surface area contributed by atoms with Gasteiger partial charge >= 0.3 is 0 Å². The summed E-state index contributed by atoms with van der Waals surface area (Å²) in [5.74, 6) is 1.96. The molecule has 0 unspecified atom stereocenters. The first kappa shape index (κ1) is 19.0. The van der Waals surface area contributed by atoms with E-state index in [1.54, 1.807) is 0 Å². The fraction of sp³-hybridized carbons (Fsp3) is 0.364. The van der Waals surface area contributed by atoms with Gasteiger partial charge in [-0.15, -0.1) is 0 Å². The number of hydrogen-bond acceptors (Lipinski definition) is 3. The zero-order valence-electron chi connectivity index (χ0n) is 16.1. The second kappa shape index (κ2) is 9.21. The Labute approximate surface area is 160 Å². The van der Waals surface area contributed by atoms with E-state index in [1.807, 2.05) is 43.3 Å². The van der Waals surface area contributed by atoms with Crippen LogP contribution in [-0.2, 0) is 17.8 Å². The van der Waals surface area contributed by atoms with Gasteiger partial charge in [0.05, 0.1) is 17.6 Å². The molecule has 0 bridgehead atoms. The van der Waals surface area contributed by atoms with Crippen LogP contribution >= 0.6 is 0 Å². The van der Waals surface area contributed by atoms with Crippen molar-refractivity contribution < 1.29 is 9.53 Å². The van der Waals surface area contributed by atoms with Crippen LogP contribution in [0.15, 0.2) is 48.5 Å². The highest BCUT2D eigenvalue weighted by Crippen LogP contribution is 2.17. The molecule has 0 saturated carbocycles. The fourth-order valence-corrected chi connectivity index (χ4v) is 3.15. The average Bonchev–Trinajstić information content (AvgIpc) is 3.00. The minimum absolute atomic E-state index is 0.0999. The number of hydrogen-bond donors (Lipinski definition) is 1. The standard InChI is InChI=1S/C22H27N3O2/c1-3-7-22(26)23-13-12-21-24-19-10-4-5-11-20(19)25(21)14-15-27-18-9-6-8-17(2)16-18/h4-6,8-11,16H,3,7,12-15H2,1-2H3,(H,23,26). The molecular formula is C22H27N3O2. The molecule has 0 saturated heterocycles. The minimum Gasteiger partial charge on any atom is -0.492 e. The third kappa shape index (κ3) is 5.09. The molecule has 1 heterocycles. The van der Waals surface area contributed by atoms with E-state index in [0.29, 0.717) is 32.5 Å². The first-order valence-corrected chi connectivity index (χ1v) is 9.57. The highest BCUT2D eigenvalue weighted by atomic mass is 16.5. The van der Waals surface area contributed by atoms with Gasteiger partial charge < -0.3 is 14.6 Å². The Morgan fingerprint density at radius 2 is 2.04 bits per heavy atom. The van der Waals surface area contributed by atoms with E-state index in [-0.39, 0.29) is 5.91 Å². The van der Waals surface area contributed by atoms with Crippen molar-refractivity contribution >= 4 is 16.9 Å². The molecular weight excluding hydrogens is 338 g/mol. The topological polar surface area (TPSA) is 56.2 Å². The second-order valence-electron chi connectivity index (χ2n) is 6.68. The van der Waals surface area contributed by atoms with E-state index in [0.717, 1.165) is 29.0 Å². The van der Waals surface area contributed by atoms with Crippen molar-refractivity contribution in [1.82, 2.24) is 14.9 Å². The smallest absolute Gasteiger partial charge is 0.219 e. The Bertz CT molecular complexity index is 901. The number of amides is 1. The molecule has 5 heteroatoms. The molecule has 3 rings (SSSR count). The number of rotatable bonds is 9. The first-order chi connectivity index (χ1) is 13.2. The molecule has 1 amide bonds. The molecule has 1 N–H and O–H groups in total. The van der Waals surface area contributed by atoms with Gasteiger partial charge in [0.25, 0.3) is 0 Å². The molecule has 1 aromatic heterocycles. The van der Waals surface area contributed by atoms with Gasteiger partial charge in [-0.2, -0.15) is 0 Å². The van der Waals surface area contributed by atoms with Gasteiger partial charge in [-0.05, 0) is 43.2 Å². The van der Waals surface area contributed by atoms with Crippen molar-refractivity contribution in [3.63, 3.8) is 0 Å². The monoisotopic (exact) mass is 365 g/mol. The summed E-state index contributed by atoms with van der Waals surface area (Å²) in [5, 5.41) is 2.97. The molecule has 0 atom stereocenters. The number of carbonyl (C=O) groups is 1. The largest absolute Gasteiger partial charge is 0.492 e. The van der Waals surface area contributed by atoms with Crippen molar-refractivity contribution in [2.24, 2.45) is 0 Å². The van der Waals surface area contributed by atoms with Crippen LogP contribution in [0, 0.1) is 6.92 Å². The summed E-state index contributed by atoms with van der Waals surface area (Å²) < 4.78 is 8.11. The molecule has 142 valence electrons. The first-order valence-electron chi connectivity index (χ1n) is 9.57. The van der Waals surface area contributed by atoms with Crippen LogP contribution in [0.25, 0.3) is 11.0 Å². The fourth-order valence-electron chi connectivity index (χ4n) is 3.15. The molecule has 0 aliphatic rings. The summed E-state index contributed by atoms with van der Waals surface area (Å²) in [6.07, 6.45) is 2.13. The highest BCUT2D eigenvalue weighted by molar-refractivity contribution is 5.76. The number of ether oxygens (including phenoxy) is 1. The molecule has 2 aromatic carbocycles. The third-order valence-corrected chi connectivity index (χ3v) is 4.45. The van der Waals surface area contributed by atoms with Crippen LogP contribution in [0.2, 0.25) is 0 Å². The van der Waals surface area contributed by atoms with Crippen LogP contribution in [0.1, 0.15) is 31.2 Å². The lowest BCUT2D eigenvalue weighted by Gasteiger charge is -2.11. The Kier molecular flexibility index (Phi) is 6.47. The van der Waals surface area contributed by atoms with Crippen molar-refractivity contribution in [3.05, 3.63) is 59.9 Å². The zero-order chi connectivity index (χ0) is 19.1. The molecule has 3 aromatic rings. The van der Waals surface area contributed by atoms with Gasteiger partial charge in [0.2, 0.25) is 5.91 Å². The maximum atomic E-state index is 11.7. The van der Waals surface area contributed by atoms with E-state index in [2.05, 4.69) is 28.9 Å². The van der Waals surface area contributed by atoms with Crippen LogP contribution in [0.5, 0.6) is 5.75 Å². The lowest BCUT2D eigenvalue weighted by Crippen LogP contribution is -2.26. The van der Waals surface area contributed by atoms with E-state index in [4.69, 9.17) is 9.72 Å². The Morgan fingerprint density at radius 1 is 1.19 bits per heavy atom. The van der Waals surface area contributed by atoms with Crippen LogP contribution in [-0.4, -0.2) is 28.6 Å². The van der Waals surface area contributed by atoms with Crippen LogP contribution in [0.4, 0.5) is 0 Å². The predicted molar refractivity (Wildman–Crippen MR) is 108 cm³/mol. The molecule has 27 heavy (non-hydrogen) atoms. The number of para-hydroxylation sites is 2. The summed E-state index contributed by atoms with van der Waals surface area (Å²) in [5.41, 5.74) is 3.26. The van der Waals surface area contributed by atoms with Crippen molar-refractivity contribution in [2.45, 2.75) is 39.7 Å². The number of fused-ring (bicyclic) bond motifs is 1. The van der Waals surface area contributed by atoms with Gasteiger partial charge in [-0.1, -0.05) is 31.2 Å². The predicted octanol–water partition coefficient (Wildman–Crippen LogP) is 3.88. The zero-order valence-corrected chi connectivity index (χ0v) is 16.1. The number of imidazole rings is 1. The molecule has 0 radical (unpaired) electrons. The Balaban J connectivity index is 1.67. The maximum Gasteiger partial charge on any atom is 0.219 e. The summed E-state index contributed by atoms with van der Waals surface area (Å²) in [7, 11) is 0. The van der Waals surface area contributed by atoms with E-state index >= 15 is 0 Å². The molecule has 0 aliphatic carbocycles. The lowest BCUT2D eigenvalue weighted by atomic mass is 10.2. The average molecular weight is 365 g/mol. The van der Waals surface area contributed by atoms with Gasteiger partial charge in [0.1, 0.15) is 18.2 Å². The highest BCUT2D eigenvalue weighted by Gasteiger charge is 2.11. The maximum absolute atomic E-state index is 11.7. The van der Waals surface area contributed by atoms with Crippen LogP contribution in [0.3, 0.4) is 0 Å². The number of aromatic nitrogens is 2. The molecule has 0 spiro atoms. The van der Waals surface area contributed by atoms with Crippen molar-refractivity contribution in [1.29, 1.82) is 0 Å². The van der Waals surface area contributed by atoms with Gasteiger partial charge in [-0.3, -0.25) is 4.79 Å². The van der Waals surface area contributed by atoms with E-state index in [1.165, 1.54) is 5.56 Å². The number of benzene rings is 2. The van der Waals surface area contributed by atoms with Crippen LogP contribution < -0.4 is 10.1 Å².